The van der Waals surface area contributed by atoms with Crippen molar-refractivity contribution >= 4 is 33.7 Å². The lowest BCUT2D eigenvalue weighted by atomic mass is 9.67. The number of rotatable bonds is 9. The minimum atomic E-state index is -0.359. The quantitative estimate of drug-likeness (QED) is 0.258. The Morgan fingerprint density at radius 3 is 2.73 bits per heavy atom. The first-order valence-corrected chi connectivity index (χ1v) is 15.9. The highest BCUT2D eigenvalue weighted by molar-refractivity contribution is 7.16. The standard InChI is InChI=1S/C32H43N5O2S/c1-32(2)17-26(36-39)30-25(14-20-7-4-3-5-8-20)35-37(27(30)18-32)29-16-24(31(33)38)28(40-29)15-22-9-6-10-23(13-22)34-19-21-11-12-21/h3-5,7-8,16,21-23,27,30,34,39H,6,9-15,17-19H2,1-2H3,(H2,33,38)/b36-26+. The Hall–Kier alpha value is -2.71. The fourth-order valence-electron chi connectivity index (χ4n) is 7.22. The second-order valence-electron chi connectivity index (χ2n) is 13.4. The van der Waals surface area contributed by atoms with Crippen LogP contribution in [0.3, 0.4) is 0 Å². The van der Waals surface area contributed by atoms with E-state index in [2.05, 4.69) is 41.5 Å². The summed E-state index contributed by atoms with van der Waals surface area (Å²) in [5.41, 5.74) is 9.58. The lowest BCUT2D eigenvalue weighted by molar-refractivity contribution is 0.0999. The summed E-state index contributed by atoms with van der Waals surface area (Å²) in [6, 6.07) is 13.0. The van der Waals surface area contributed by atoms with Gasteiger partial charge in [0.15, 0.2) is 0 Å². The number of hydrogen-bond acceptors (Lipinski definition) is 7. The molecule has 40 heavy (non-hydrogen) atoms. The molecule has 4 atom stereocenters. The summed E-state index contributed by atoms with van der Waals surface area (Å²) in [5.74, 6) is 1.04. The predicted molar refractivity (Wildman–Crippen MR) is 163 cm³/mol. The third-order valence-corrected chi connectivity index (χ3v) is 10.5. The molecule has 4 aliphatic rings. The molecule has 8 heteroatoms. The monoisotopic (exact) mass is 561 g/mol. The molecule has 0 bridgehead atoms. The smallest absolute Gasteiger partial charge is 0.249 e. The minimum absolute atomic E-state index is 0.0180. The van der Waals surface area contributed by atoms with E-state index in [1.54, 1.807) is 11.3 Å². The highest BCUT2D eigenvalue weighted by atomic mass is 32.1. The van der Waals surface area contributed by atoms with E-state index in [0.29, 0.717) is 23.9 Å². The van der Waals surface area contributed by atoms with Crippen LogP contribution in [0.4, 0.5) is 5.00 Å². The van der Waals surface area contributed by atoms with Gasteiger partial charge in [-0.1, -0.05) is 55.8 Å². The lowest BCUT2D eigenvalue weighted by Crippen LogP contribution is -2.47. The Labute approximate surface area is 241 Å². The Morgan fingerprint density at radius 2 is 2.00 bits per heavy atom. The van der Waals surface area contributed by atoms with Crippen molar-refractivity contribution in [1.29, 1.82) is 0 Å². The first-order chi connectivity index (χ1) is 19.3. The van der Waals surface area contributed by atoms with Crippen LogP contribution in [0, 0.1) is 23.2 Å². The number of oxime groups is 1. The van der Waals surface area contributed by atoms with E-state index in [1.165, 1.54) is 37.7 Å². The molecule has 3 aliphatic carbocycles. The van der Waals surface area contributed by atoms with Crippen molar-refractivity contribution in [3.63, 3.8) is 0 Å². The highest BCUT2D eigenvalue weighted by Gasteiger charge is 2.49. The van der Waals surface area contributed by atoms with Gasteiger partial charge in [-0.15, -0.1) is 11.3 Å². The number of primary amides is 1. The van der Waals surface area contributed by atoms with E-state index in [0.717, 1.165) is 59.4 Å². The van der Waals surface area contributed by atoms with Gasteiger partial charge in [0.2, 0.25) is 5.91 Å². The Bertz CT molecular complexity index is 1280. The molecule has 1 aliphatic heterocycles. The molecule has 0 saturated heterocycles. The van der Waals surface area contributed by atoms with Crippen LogP contribution in [0.2, 0.25) is 0 Å². The summed E-state index contributed by atoms with van der Waals surface area (Å²) in [4.78, 5) is 13.7. The molecule has 7 nitrogen and oxygen atoms in total. The third kappa shape index (κ3) is 5.98. The number of nitrogens with one attached hydrogen (secondary N) is 1. The number of benzene rings is 1. The third-order valence-electron chi connectivity index (χ3n) is 9.37. The summed E-state index contributed by atoms with van der Waals surface area (Å²) < 4.78 is 0. The molecular weight excluding hydrogens is 518 g/mol. The van der Waals surface area contributed by atoms with Crippen molar-refractivity contribution in [3.8, 4) is 0 Å². The number of hydrogen-bond donors (Lipinski definition) is 3. The van der Waals surface area contributed by atoms with E-state index in [9.17, 15) is 10.0 Å². The SMILES string of the molecule is CC1(C)C/C(=N\O)C2C(Cc3ccccc3)=NN(c3cc(C(N)=O)c(CC4CCCC(NCC5CC5)C4)s3)C2C1. The van der Waals surface area contributed by atoms with Gasteiger partial charge in [0, 0.05) is 17.3 Å². The largest absolute Gasteiger partial charge is 0.411 e. The lowest BCUT2D eigenvalue weighted by Gasteiger charge is -2.40. The van der Waals surface area contributed by atoms with E-state index in [4.69, 9.17) is 10.8 Å². The topological polar surface area (TPSA) is 103 Å². The normalized spacial score (nSPS) is 28.9. The first-order valence-electron chi connectivity index (χ1n) is 15.1. The summed E-state index contributed by atoms with van der Waals surface area (Å²) in [7, 11) is 0. The second-order valence-corrected chi connectivity index (χ2v) is 14.5. The van der Waals surface area contributed by atoms with Crippen molar-refractivity contribution in [1.82, 2.24) is 5.32 Å². The van der Waals surface area contributed by atoms with Gasteiger partial charge in [0.25, 0.3) is 0 Å². The molecule has 4 unspecified atom stereocenters. The highest BCUT2D eigenvalue weighted by Crippen LogP contribution is 2.47. The number of thiophene rings is 1. The molecule has 0 spiro atoms. The minimum Gasteiger partial charge on any atom is -0.411 e. The molecule has 1 aromatic heterocycles. The fourth-order valence-corrected chi connectivity index (χ4v) is 8.51. The summed E-state index contributed by atoms with van der Waals surface area (Å²) >= 11 is 1.68. The van der Waals surface area contributed by atoms with Crippen LogP contribution >= 0.6 is 11.3 Å². The van der Waals surface area contributed by atoms with Crippen molar-refractivity contribution in [3.05, 3.63) is 52.4 Å². The van der Waals surface area contributed by atoms with E-state index >= 15 is 0 Å². The van der Waals surface area contributed by atoms with Gasteiger partial charge in [-0.3, -0.25) is 9.80 Å². The molecule has 1 amide bonds. The Balaban J connectivity index is 1.27. The summed E-state index contributed by atoms with van der Waals surface area (Å²) in [6.07, 6.45) is 10.9. The van der Waals surface area contributed by atoms with E-state index in [1.807, 2.05) is 24.3 Å². The average Bonchev–Trinajstić information content (AvgIpc) is 3.57. The maximum Gasteiger partial charge on any atom is 0.249 e. The van der Waals surface area contributed by atoms with Crippen LogP contribution in [-0.4, -0.2) is 41.2 Å². The van der Waals surface area contributed by atoms with Crippen LogP contribution in [-0.2, 0) is 12.8 Å². The van der Waals surface area contributed by atoms with Crippen LogP contribution in [0.25, 0.3) is 0 Å². The van der Waals surface area contributed by atoms with Gasteiger partial charge < -0.3 is 16.3 Å². The molecule has 0 radical (unpaired) electrons. The zero-order chi connectivity index (χ0) is 27.9. The number of carbonyl (C=O) groups is 1. The molecule has 2 aromatic rings. The van der Waals surface area contributed by atoms with Gasteiger partial charge in [0.1, 0.15) is 5.00 Å². The number of anilines is 1. The fraction of sp³-hybridized carbons (Fsp3) is 0.594. The summed E-state index contributed by atoms with van der Waals surface area (Å²) in [6.45, 7) is 5.61. The number of nitrogens with two attached hydrogens (primary N) is 1. The molecule has 214 valence electrons. The number of nitrogens with zero attached hydrogens (tertiary/aromatic N) is 3. The number of carbonyl (C=O) groups excluding carboxylic acids is 1. The van der Waals surface area contributed by atoms with Gasteiger partial charge in [0.05, 0.1) is 28.9 Å². The molecule has 4 N–H and O–H groups in total. The maximum atomic E-state index is 12.6. The average molecular weight is 562 g/mol. The molecule has 1 aromatic carbocycles. The number of amides is 1. The number of fused-ring (bicyclic) bond motifs is 1. The van der Waals surface area contributed by atoms with E-state index < -0.39 is 0 Å². The molecular formula is C32H43N5O2S. The second kappa shape index (κ2) is 11.3. The molecule has 2 heterocycles. The first kappa shape index (κ1) is 27.5. The molecule has 3 fully saturated rings. The van der Waals surface area contributed by atoms with Gasteiger partial charge >= 0.3 is 0 Å². The Morgan fingerprint density at radius 1 is 1.20 bits per heavy atom. The Kier molecular flexibility index (Phi) is 7.75. The number of hydrazone groups is 1. The van der Waals surface area contributed by atoms with Crippen molar-refractivity contribution in [2.75, 3.05) is 11.6 Å². The predicted octanol–water partition coefficient (Wildman–Crippen LogP) is 6.00. The van der Waals surface area contributed by atoms with Crippen molar-refractivity contribution in [2.24, 2.45) is 39.2 Å². The van der Waals surface area contributed by atoms with Crippen LogP contribution in [0.15, 0.2) is 46.7 Å². The van der Waals surface area contributed by atoms with Gasteiger partial charge in [-0.2, -0.15) is 5.10 Å². The van der Waals surface area contributed by atoms with Crippen LogP contribution in [0.5, 0.6) is 0 Å². The molecule has 3 saturated carbocycles. The van der Waals surface area contributed by atoms with E-state index in [-0.39, 0.29) is 23.3 Å². The van der Waals surface area contributed by atoms with Crippen molar-refractivity contribution < 1.29 is 10.0 Å². The van der Waals surface area contributed by atoms with Gasteiger partial charge in [-0.25, -0.2) is 0 Å². The van der Waals surface area contributed by atoms with Gasteiger partial charge in [-0.05, 0) is 86.8 Å². The maximum absolute atomic E-state index is 12.6. The van der Waals surface area contributed by atoms with Crippen LogP contribution in [0.1, 0.15) is 86.0 Å². The van der Waals surface area contributed by atoms with Crippen molar-refractivity contribution in [2.45, 2.75) is 90.1 Å². The summed E-state index contributed by atoms with van der Waals surface area (Å²) in [5, 5.41) is 26.0. The molecule has 6 rings (SSSR count). The zero-order valence-corrected chi connectivity index (χ0v) is 24.6. The van der Waals surface area contributed by atoms with Crippen LogP contribution < -0.4 is 16.1 Å². The zero-order valence-electron chi connectivity index (χ0n) is 23.8.